The van der Waals surface area contributed by atoms with Crippen molar-refractivity contribution in [2.75, 3.05) is 67.1 Å². The molecule has 5 rings (SSSR count). The third-order valence-corrected chi connectivity index (χ3v) is 8.23. The normalized spacial score (nSPS) is 19.5. The van der Waals surface area contributed by atoms with Crippen LogP contribution >= 0.6 is 0 Å². The zero-order chi connectivity index (χ0) is 29.3. The first kappa shape index (κ1) is 28.7. The Morgan fingerprint density at radius 3 is 2.22 bits per heavy atom. The number of alkyl halides is 3. The molecule has 0 aliphatic carbocycles. The van der Waals surface area contributed by atoms with Crippen LogP contribution in [0.4, 0.5) is 40.7 Å². The highest BCUT2D eigenvalue weighted by Gasteiger charge is 2.37. The van der Waals surface area contributed by atoms with E-state index >= 15 is 0 Å². The van der Waals surface area contributed by atoms with Crippen LogP contribution < -0.4 is 20.0 Å². The van der Waals surface area contributed by atoms with Crippen molar-refractivity contribution in [1.82, 2.24) is 10.2 Å². The number of urea groups is 1. The summed E-state index contributed by atoms with van der Waals surface area (Å²) < 4.78 is 41.0. The maximum absolute atomic E-state index is 13.7. The van der Waals surface area contributed by atoms with Crippen molar-refractivity contribution in [3.63, 3.8) is 0 Å². The topological polar surface area (TPSA) is 102 Å². The predicted molar refractivity (Wildman–Crippen MR) is 148 cm³/mol. The molecule has 3 saturated heterocycles. The fourth-order valence-corrected chi connectivity index (χ4v) is 5.98. The number of nitrogens with one attached hydrogen (secondary N) is 1. The van der Waals surface area contributed by atoms with Gasteiger partial charge >= 0.3 is 12.2 Å². The van der Waals surface area contributed by atoms with Gasteiger partial charge in [0, 0.05) is 88.0 Å². The van der Waals surface area contributed by atoms with Crippen LogP contribution in [0.15, 0.2) is 36.4 Å². The number of hydrogen-bond acceptors (Lipinski definition) is 7. The zero-order valence-corrected chi connectivity index (χ0v) is 22.8. The molecule has 3 amide bonds. The third kappa shape index (κ3) is 6.39. The van der Waals surface area contributed by atoms with E-state index in [-0.39, 0.29) is 18.0 Å². The second-order valence-corrected chi connectivity index (χ2v) is 10.9. The summed E-state index contributed by atoms with van der Waals surface area (Å²) in [7, 11) is 0. The minimum Gasteiger partial charge on any atom is -0.371 e. The number of anilines is 3. The minimum absolute atomic E-state index is 0.00545. The number of hydrogen-bond donors (Lipinski definition) is 1. The Bertz CT molecular complexity index is 1320. The molecule has 2 aromatic carbocycles. The lowest BCUT2D eigenvalue weighted by Gasteiger charge is -2.40. The lowest BCUT2D eigenvalue weighted by Crippen LogP contribution is -2.50. The summed E-state index contributed by atoms with van der Waals surface area (Å²) in [6, 6.07) is 8.58. The van der Waals surface area contributed by atoms with Gasteiger partial charge in [0.1, 0.15) is 0 Å². The quantitative estimate of drug-likeness (QED) is 0.403. The molecule has 2 aromatic rings. The Balaban J connectivity index is 1.13. The third-order valence-electron chi connectivity index (χ3n) is 8.23. The Morgan fingerprint density at radius 1 is 0.927 bits per heavy atom. The number of nitro benzene ring substituents is 1. The van der Waals surface area contributed by atoms with Gasteiger partial charge in [0.2, 0.25) is 5.91 Å². The van der Waals surface area contributed by atoms with E-state index in [9.17, 15) is 32.9 Å². The first-order chi connectivity index (χ1) is 19.5. The Labute approximate surface area is 235 Å². The van der Waals surface area contributed by atoms with E-state index in [1.165, 1.54) is 6.07 Å². The average molecular weight is 575 g/mol. The predicted octanol–water partition coefficient (Wildman–Crippen LogP) is 4.41. The largest absolute Gasteiger partial charge is 0.418 e. The number of benzene rings is 2. The van der Waals surface area contributed by atoms with Crippen molar-refractivity contribution in [3.05, 3.63) is 57.6 Å². The molecule has 10 nitrogen and oxygen atoms in total. The van der Waals surface area contributed by atoms with E-state index in [4.69, 9.17) is 0 Å². The SMILES string of the molecule is Cc1cc(N2CCN(CC3CCN(c4ccc([N+](=O)[O-])cc4C(F)(F)F)CC3)CC2)ccc1N1CCC(=O)NC1=O. The molecular weight excluding hydrogens is 541 g/mol. The molecule has 3 aliphatic rings. The summed E-state index contributed by atoms with van der Waals surface area (Å²) in [4.78, 5) is 41.9. The monoisotopic (exact) mass is 574 g/mol. The van der Waals surface area contributed by atoms with Crippen LogP contribution in [0.3, 0.4) is 0 Å². The van der Waals surface area contributed by atoms with Crippen LogP contribution in [-0.2, 0) is 11.0 Å². The standard InChI is InChI=1S/C28H33F3N6O4/c1-19-16-21(2-4-24(19)36-11-8-26(38)32-27(36)39)34-14-12-33(13-15-34)18-20-6-9-35(10-7-20)25-5-3-22(37(40)41)17-23(25)28(29,30)31/h2-5,16-17,20H,6-15,18H2,1H3,(H,32,38,39). The molecule has 0 unspecified atom stereocenters. The molecule has 0 saturated carbocycles. The molecule has 0 bridgehead atoms. The van der Waals surface area contributed by atoms with Crippen LogP contribution in [0.25, 0.3) is 0 Å². The number of nitro groups is 1. The second-order valence-electron chi connectivity index (χ2n) is 10.9. The fourth-order valence-electron chi connectivity index (χ4n) is 5.98. The summed E-state index contributed by atoms with van der Waals surface area (Å²) in [5.74, 6) is 0.110. The highest BCUT2D eigenvalue weighted by atomic mass is 19.4. The number of carbonyl (C=O) groups is 2. The van der Waals surface area contributed by atoms with Crippen molar-refractivity contribution in [2.24, 2.45) is 5.92 Å². The van der Waals surface area contributed by atoms with Crippen LogP contribution in [0, 0.1) is 23.0 Å². The molecule has 1 N–H and O–H groups in total. The molecule has 3 fully saturated rings. The van der Waals surface area contributed by atoms with Crippen molar-refractivity contribution < 1.29 is 27.7 Å². The Kier molecular flexibility index (Phi) is 8.07. The van der Waals surface area contributed by atoms with E-state index in [0.29, 0.717) is 31.6 Å². The van der Waals surface area contributed by atoms with E-state index in [1.54, 1.807) is 9.80 Å². The number of halogens is 3. The van der Waals surface area contributed by atoms with E-state index in [0.717, 1.165) is 68.6 Å². The first-order valence-electron chi connectivity index (χ1n) is 13.8. The summed E-state index contributed by atoms with van der Waals surface area (Å²) >= 11 is 0. The Morgan fingerprint density at radius 2 is 1.61 bits per heavy atom. The van der Waals surface area contributed by atoms with Gasteiger partial charge in [0.25, 0.3) is 5.69 Å². The number of piperidine rings is 1. The smallest absolute Gasteiger partial charge is 0.371 e. The van der Waals surface area contributed by atoms with Gasteiger partial charge in [-0.25, -0.2) is 4.79 Å². The van der Waals surface area contributed by atoms with Crippen LogP contribution in [0.1, 0.15) is 30.4 Å². The summed E-state index contributed by atoms with van der Waals surface area (Å²) in [5.41, 5.74) is 1.32. The van der Waals surface area contributed by atoms with Gasteiger partial charge < -0.3 is 9.80 Å². The maximum Gasteiger partial charge on any atom is 0.418 e. The van der Waals surface area contributed by atoms with Crippen molar-refractivity contribution in [3.8, 4) is 0 Å². The maximum atomic E-state index is 13.7. The summed E-state index contributed by atoms with van der Waals surface area (Å²) in [6.45, 7) is 7.58. The second kappa shape index (κ2) is 11.6. The summed E-state index contributed by atoms with van der Waals surface area (Å²) in [5, 5.41) is 13.4. The lowest BCUT2D eigenvalue weighted by molar-refractivity contribution is -0.385. The van der Waals surface area contributed by atoms with Gasteiger partial charge in [-0.1, -0.05) is 0 Å². The number of amides is 3. The molecular formula is C28H33F3N6O4. The molecule has 0 radical (unpaired) electrons. The van der Waals surface area contributed by atoms with E-state index in [2.05, 4.69) is 21.2 Å². The molecule has 3 aliphatic heterocycles. The van der Waals surface area contributed by atoms with Crippen molar-refractivity contribution in [2.45, 2.75) is 32.4 Å². The zero-order valence-electron chi connectivity index (χ0n) is 22.8. The number of piperazine rings is 1. The molecule has 3 heterocycles. The van der Waals surface area contributed by atoms with Crippen molar-refractivity contribution >= 4 is 34.7 Å². The number of imide groups is 1. The summed E-state index contributed by atoms with van der Waals surface area (Å²) in [6.07, 6.45) is -2.88. The highest BCUT2D eigenvalue weighted by Crippen LogP contribution is 2.40. The van der Waals surface area contributed by atoms with Gasteiger partial charge in [-0.15, -0.1) is 0 Å². The van der Waals surface area contributed by atoms with Crippen molar-refractivity contribution in [1.29, 1.82) is 0 Å². The molecule has 0 aromatic heterocycles. The molecule has 41 heavy (non-hydrogen) atoms. The van der Waals surface area contributed by atoms with Crippen LogP contribution in [-0.4, -0.2) is 74.1 Å². The van der Waals surface area contributed by atoms with E-state index in [1.807, 2.05) is 19.1 Å². The number of carbonyl (C=O) groups excluding carboxylic acids is 2. The highest BCUT2D eigenvalue weighted by molar-refractivity contribution is 6.06. The van der Waals surface area contributed by atoms with Gasteiger partial charge in [0.15, 0.2) is 0 Å². The molecule has 220 valence electrons. The van der Waals surface area contributed by atoms with Gasteiger partial charge in [0.05, 0.1) is 10.5 Å². The lowest BCUT2D eigenvalue weighted by atomic mass is 9.94. The van der Waals surface area contributed by atoms with Gasteiger partial charge in [-0.3, -0.25) is 30.0 Å². The fraction of sp³-hybridized carbons (Fsp3) is 0.500. The number of nitrogens with zero attached hydrogens (tertiary/aromatic N) is 5. The first-order valence-corrected chi connectivity index (χ1v) is 13.8. The molecule has 0 atom stereocenters. The number of aryl methyl sites for hydroxylation is 1. The van der Waals surface area contributed by atoms with E-state index < -0.39 is 28.4 Å². The van der Waals surface area contributed by atoms with Gasteiger partial charge in [-0.05, 0) is 55.5 Å². The average Bonchev–Trinajstić information content (AvgIpc) is 2.93. The minimum atomic E-state index is -4.67. The number of rotatable bonds is 6. The molecule has 13 heteroatoms. The van der Waals surface area contributed by atoms with Crippen LogP contribution in [0.2, 0.25) is 0 Å². The number of non-ortho nitro benzene ring substituents is 1. The van der Waals surface area contributed by atoms with Crippen LogP contribution in [0.5, 0.6) is 0 Å². The Hall–Kier alpha value is -3.87. The molecule has 0 spiro atoms. The van der Waals surface area contributed by atoms with Gasteiger partial charge in [-0.2, -0.15) is 13.2 Å².